The fraction of sp³-hybridized carbons (Fsp3) is 0.447. The monoisotopic (exact) mass is 764 g/mol. The highest BCUT2D eigenvalue weighted by molar-refractivity contribution is 6.35. The number of ether oxygens (including phenoxy) is 4. The zero-order valence-electron chi connectivity index (χ0n) is 29.4. The standard InChI is InChI=1S/C38H43Cl2FN8O4/c39-29-5-11-34(35(40)19-29)38(24-49-42-13-14-43-49)52-23-33(53-38)22-51-32-10-12-37(36(41)20-32)46-17-15-45(16-18-46)30-6-8-31(9-7-30)47-25-44-48(27-50-26-47)21-28-3-1-2-4-28/h5-14,19-20,25,28,33H,1-4,15-18,21-24,26-27H2/t33-,38-/m1/s1. The Bertz CT molecular complexity index is 1860. The van der Waals surface area contributed by atoms with Crippen LogP contribution in [0.25, 0.3) is 0 Å². The van der Waals surface area contributed by atoms with Gasteiger partial charge in [0.1, 0.15) is 50.6 Å². The number of rotatable bonds is 11. The predicted molar refractivity (Wildman–Crippen MR) is 202 cm³/mol. The van der Waals surface area contributed by atoms with Crippen LogP contribution in [0.1, 0.15) is 31.2 Å². The van der Waals surface area contributed by atoms with Crippen LogP contribution in [0.3, 0.4) is 0 Å². The molecule has 15 heteroatoms. The van der Waals surface area contributed by atoms with Crippen LogP contribution in [-0.2, 0) is 26.5 Å². The molecule has 1 aromatic heterocycles. The molecule has 2 saturated heterocycles. The van der Waals surface area contributed by atoms with Gasteiger partial charge in [0.25, 0.3) is 0 Å². The number of nitrogens with zero attached hydrogens (tertiary/aromatic N) is 8. The van der Waals surface area contributed by atoms with E-state index in [4.69, 9.17) is 47.3 Å². The average molecular weight is 766 g/mol. The van der Waals surface area contributed by atoms with E-state index in [1.807, 2.05) is 16.2 Å². The van der Waals surface area contributed by atoms with Gasteiger partial charge in [-0.25, -0.2) is 4.39 Å². The topological polar surface area (TPSA) is 93.0 Å². The van der Waals surface area contributed by atoms with Gasteiger partial charge in [-0.1, -0.05) is 42.1 Å². The summed E-state index contributed by atoms with van der Waals surface area (Å²) in [6.07, 6.45) is 9.80. The summed E-state index contributed by atoms with van der Waals surface area (Å²) in [6.45, 7) is 5.41. The normalized spacial score (nSPS) is 22.5. The summed E-state index contributed by atoms with van der Waals surface area (Å²) in [6, 6.07) is 18.6. The Morgan fingerprint density at radius 3 is 2.38 bits per heavy atom. The van der Waals surface area contributed by atoms with Crippen LogP contribution in [0.4, 0.5) is 21.5 Å². The van der Waals surface area contributed by atoms with Crippen LogP contribution in [-0.4, -0.2) is 91.8 Å². The van der Waals surface area contributed by atoms with Gasteiger partial charge in [-0.05, 0) is 67.3 Å². The number of hydrogen-bond acceptors (Lipinski definition) is 11. The van der Waals surface area contributed by atoms with Crippen molar-refractivity contribution < 1.29 is 23.3 Å². The first-order valence-electron chi connectivity index (χ1n) is 18.2. The number of piperazine rings is 1. The lowest BCUT2D eigenvalue weighted by molar-refractivity contribution is -0.192. The Kier molecular flexibility index (Phi) is 10.9. The molecule has 0 spiro atoms. The van der Waals surface area contributed by atoms with Crippen LogP contribution < -0.4 is 19.4 Å². The lowest BCUT2D eigenvalue weighted by Gasteiger charge is -2.37. The second kappa shape index (κ2) is 16.1. The Hall–Kier alpha value is -4.14. The summed E-state index contributed by atoms with van der Waals surface area (Å²) < 4.78 is 40.1. The molecule has 0 unspecified atom stereocenters. The van der Waals surface area contributed by atoms with Gasteiger partial charge in [-0.15, -0.1) is 0 Å². The molecule has 3 aliphatic heterocycles. The van der Waals surface area contributed by atoms with E-state index in [-0.39, 0.29) is 25.6 Å². The number of aromatic nitrogens is 3. The number of halogens is 3. The van der Waals surface area contributed by atoms with Crippen LogP contribution in [0, 0.1) is 11.7 Å². The van der Waals surface area contributed by atoms with Gasteiger partial charge >= 0.3 is 0 Å². The van der Waals surface area contributed by atoms with Gasteiger partial charge in [0.15, 0.2) is 0 Å². The zero-order valence-corrected chi connectivity index (χ0v) is 30.9. The molecular weight excluding hydrogens is 722 g/mol. The Morgan fingerprint density at radius 2 is 1.62 bits per heavy atom. The molecule has 8 rings (SSSR count). The Balaban J connectivity index is 0.834. The highest BCUT2D eigenvalue weighted by Gasteiger charge is 2.46. The van der Waals surface area contributed by atoms with Gasteiger partial charge in [0.05, 0.1) is 29.7 Å². The molecule has 0 amide bonds. The first-order valence-corrected chi connectivity index (χ1v) is 18.9. The van der Waals surface area contributed by atoms with Crippen molar-refractivity contribution in [3.05, 3.63) is 94.5 Å². The Morgan fingerprint density at radius 1 is 0.868 bits per heavy atom. The number of hydrogen-bond donors (Lipinski definition) is 0. The third-order valence-electron chi connectivity index (χ3n) is 10.3. The minimum Gasteiger partial charge on any atom is -0.491 e. The minimum absolute atomic E-state index is 0.145. The lowest BCUT2D eigenvalue weighted by Crippen LogP contribution is -2.46. The summed E-state index contributed by atoms with van der Waals surface area (Å²) >= 11 is 12.7. The Labute approximate surface area is 318 Å². The van der Waals surface area contributed by atoms with Crippen LogP contribution in [0.15, 0.2) is 78.2 Å². The first kappa shape index (κ1) is 35.9. The van der Waals surface area contributed by atoms with E-state index in [2.05, 4.69) is 44.3 Å². The maximum Gasteiger partial charge on any atom is 0.219 e. The average Bonchev–Trinajstić information content (AvgIpc) is 3.93. The van der Waals surface area contributed by atoms with Crippen LogP contribution in [0.5, 0.6) is 5.75 Å². The molecular formula is C38H43Cl2FN8O4. The van der Waals surface area contributed by atoms with E-state index >= 15 is 4.39 Å². The lowest BCUT2D eigenvalue weighted by atomic mass is 10.1. The molecule has 1 aliphatic carbocycles. The van der Waals surface area contributed by atoms with Gasteiger partial charge in [-0.3, -0.25) is 5.01 Å². The molecule has 4 aromatic rings. The predicted octanol–water partition coefficient (Wildman–Crippen LogP) is 6.59. The molecule has 2 atom stereocenters. The summed E-state index contributed by atoms with van der Waals surface area (Å²) in [5.74, 6) is -0.459. The van der Waals surface area contributed by atoms with E-state index in [9.17, 15) is 0 Å². The van der Waals surface area contributed by atoms with Gasteiger partial charge in [-0.2, -0.15) is 20.1 Å². The molecule has 0 bridgehead atoms. The minimum atomic E-state index is -1.25. The molecule has 53 heavy (non-hydrogen) atoms. The maximum absolute atomic E-state index is 15.5. The molecule has 1 saturated carbocycles. The van der Waals surface area contributed by atoms with E-state index in [0.29, 0.717) is 59.5 Å². The highest BCUT2D eigenvalue weighted by atomic mass is 35.5. The van der Waals surface area contributed by atoms with Gasteiger partial charge in [0.2, 0.25) is 5.79 Å². The zero-order chi connectivity index (χ0) is 36.2. The fourth-order valence-electron chi connectivity index (χ4n) is 7.53. The molecule has 3 aromatic carbocycles. The van der Waals surface area contributed by atoms with Gasteiger partial charge < -0.3 is 33.6 Å². The molecule has 4 heterocycles. The van der Waals surface area contributed by atoms with Crippen LogP contribution in [0.2, 0.25) is 10.0 Å². The van der Waals surface area contributed by atoms with Crippen molar-refractivity contribution in [2.45, 2.75) is 44.1 Å². The van der Waals surface area contributed by atoms with Crippen LogP contribution >= 0.6 is 23.2 Å². The highest BCUT2D eigenvalue weighted by Crippen LogP contribution is 2.40. The largest absolute Gasteiger partial charge is 0.491 e. The second-order valence-corrected chi connectivity index (χ2v) is 14.7. The SMILES string of the molecule is Fc1cc(OC[C@@H]2CO[C@@](Cn3nccn3)(c3ccc(Cl)cc3Cl)O2)ccc1N1CCN(c2ccc(N3C=NN(CC4CCCC4)COC3)cc2)CC1. The molecule has 12 nitrogen and oxygen atoms in total. The van der Waals surface area contributed by atoms with Crippen molar-refractivity contribution in [3.63, 3.8) is 0 Å². The van der Waals surface area contributed by atoms with E-state index in [1.54, 1.807) is 42.7 Å². The van der Waals surface area contributed by atoms with Crippen molar-refractivity contribution in [3.8, 4) is 5.75 Å². The quantitative estimate of drug-likeness (QED) is 0.167. The van der Waals surface area contributed by atoms with E-state index < -0.39 is 11.9 Å². The van der Waals surface area contributed by atoms with Crippen molar-refractivity contribution in [2.24, 2.45) is 11.0 Å². The van der Waals surface area contributed by atoms with Gasteiger partial charge in [0, 0.05) is 60.8 Å². The number of benzene rings is 3. The fourth-order valence-corrected chi connectivity index (χ4v) is 8.08. The molecule has 4 aliphatic rings. The maximum atomic E-state index is 15.5. The molecule has 3 fully saturated rings. The summed E-state index contributed by atoms with van der Waals surface area (Å²) in [7, 11) is 0. The van der Waals surface area contributed by atoms with E-state index in [1.165, 1.54) is 36.5 Å². The van der Waals surface area contributed by atoms with Crippen molar-refractivity contribution in [1.29, 1.82) is 0 Å². The second-order valence-electron chi connectivity index (χ2n) is 13.9. The van der Waals surface area contributed by atoms with E-state index in [0.717, 1.165) is 31.0 Å². The molecule has 280 valence electrons. The van der Waals surface area contributed by atoms with Crippen molar-refractivity contribution in [2.75, 3.05) is 74.1 Å². The smallest absolute Gasteiger partial charge is 0.219 e. The summed E-state index contributed by atoms with van der Waals surface area (Å²) in [5.41, 5.74) is 3.33. The third-order valence-corrected chi connectivity index (χ3v) is 10.9. The summed E-state index contributed by atoms with van der Waals surface area (Å²) in [5, 5.41) is 16.1. The first-order chi connectivity index (χ1) is 25.9. The third kappa shape index (κ3) is 8.34. The summed E-state index contributed by atoms with van der Waals surface area (Å²) in [4.78, 5) is 7.92. The molecule has 0 radical (unpaired) electrons. The number of hydrazone groups is 1. The molecule has 0 N–H and O–H groups in total. The van der Waals surface area contributed by atoms with Crippen molar-refractivity contribution >= 4 is 46.6 Å². The van der Waals surface area contributed by atoms with Crippen molar-refractivity contribution in [1.82, 2.24) is 20.0 Å². The number of anilines is 3.